The van der Waals surface area contributed by atoms with E-state index in [0.717, 1.165) is 13.0 Å². The van der Waals surface area contributed by atoms with Crippen molar-refractivity contribution < 1.29 is 4.79 Å². The number of carbonyl (C=O) groups excluding carboxylic acids is 1. The summed E-state index contributed by atoms with van der Waals surface area (Å²) in [6.45, 7) is 5.12. The lowest BCUT2D eigenvalue weighted by molar-refractivity contribution is -0.129. The van der Waals surface area contributed by atoms with Gasteiger partial charge < -0.3 is 4.90 Å². The van der Waals surface area contributed by atoms with Gasteiger partial charge in [-0.15, -0.1) is 11.6 Å². The smallest absolute Gasteiger partial charge is 0.237 e. The van der Waals surface area contributed by atoms with Crippen LogP contribution in [-0.4, -0.2) is 29.3 Å². The molecule has 1 fully saturated rings. The third-order valence-corrected chi connectivity index (χ3v) is 2.45. The van der Waals surface area contributed by atoms with Crippen LogP contribution < -0.4 is 0 Å². The molecule has 0 aromatic carbocycles. The van der Waals surface area contributed by atoms with Crippen LogP contribution in [0.25, 0.3) is 0 Å². The number of carbonyl (C=O) groups is 1. The summed E-state index contributed by atoms with van der Waals surface area (Å²) in [5, 5.41) is 0. The number of hydrogen-bond donors (Lipinski definition) is 0. The fourth-order valence-electron chi connectivity index (χ4n) is 1.72. The second-order valence-corrected chi connectivity index (χ2v) is 3.64. The van der Waals surface area contributed by atoms with Gasteiger partial charge in [-0.2, -0.15) is 0 Å². The molecule has 0 saturated carbocycles. The summed E-state index contributed by atoms with van der Waals surface area (Å²) >= 11 is 5.45. The molecule has 1 rings (SSSR count). The average molecular weight is 176 g/mol. The molecule has 2 unspecified atom stereocenters. The maximum absolute atomic E-state index is 11.2. The number of amides is 1. The Balaban J connectivity index is 2.52. The van der Waals surface area contributed by atoms with Crippen molar-refractivity contribution in [1.82, 2.24) is 4.90 Å². The standard InChI is InChI=1S/C8H14ClNO/c1-6-3-7(2)10(5-6)8(11)4-9/h6-7H,3-5H2,1-2H3. The van der Waals surface area contributed by atoms with Crippen LogP contribution in [-0.2, 0) is 4.79 Å². The molecule has 0 radical (unpaired) electrons. The molecule has 2 nitrogen and oxygen atoms in total. The molecule has 1 aliphatic rings. The molecular formula is C8H14ClNO. The van der Waals surface area contributed by atoms with Crippen molar-refractivity contribution in [2.75, 3.05) is 12.4 Å². The van der Waals surface area contributed by atoms with Gasteiger partial charge in [0, 0.05) is 12.6 Å². The zero-order valence-electron chi connectivity index (χ0n) is 7.01. The highest BCUT2D eigenvalue weighted by atomic mass is 35.5. The lowest BCUT2D eigenvalue weighted by Crippen LogP contribution is -2.34. The highest BCUT2D eigenvalue weighted by Crippen LogP contribution is 2.22. The van der Waals surface area contributed by atoms with Gasteiger partial charge in [-0.1, -0.05) is 6.92 Å². The first-order valence-corrected chi connectivity index (χ1v) is 4.54. The van der Waals surface area contributed by atoms with Gasteiger partial charge in [0.1, 0.15) is 5.88 Å². The molecular weight excluding hydrogens is 162 g/mol. The van der Waals surface area contributed by atoms with E-state index in [1.165, 1.54) is 0 Å². The Labute approximate surface area is 72.5 Å². The van der Waals surface area contributed by atoms with E-state index >= 15 is 0 Å². The van der Waals surface area contributed by atoms with Crippen LogP contribution in [0, 0.1) is 5.92 Å². The second-order valence-electron chi connectivity index (χ2n) is 3.37. The number of nitrogens with zero attached hydrogens (tertiary/aromatic N) is 1. The van der Waals surface area contributed by atoms with Gasteiger partial charge in [-0.25, -0.2) is 0 Å². The molecule has 64 valence electrons. The predicted molar refractivity (Wildman–Crippen MR) is 45.7 cm³/mol. The fourth-order valence-corrected chi connectivity index (χ4v) is 1.88. The number of likely N-dealkylation sites (tertiary alicyclic amines) is 1. The number of halogens is 1. The van der Waals surface area contributed by atoms with Crippen molar-refractivity contribution in [1.29, 1.82) is 0 Å². The van der Waals surface area contributed by atoms with Gasteiger partial charge in [0.25, 0.3) is 0 Å². The molecule has 11 heavy (non-hydrogen) atoms. The maximum Gasteiger partial charge on any atom is 0.237 e. The Morgan fingerprint density at radius 3 is 2.64 bits per heavy atom. The van der Waals surface area contributed by atoms with Crippen molar-refractivity contribution in [3.63, 3.8) is 0 Å². The van der Waals surface area contributed by atoms with Crippen LogP contribution in [0.15, 0.2) is 0 Å². The maximum atomic E-state index is 11.2. The normalized spacial score (nSPS) is 31.0. The van der Waals surface area contributed by atoms with Crippen LogP contribution in [0.5, 0.6) is 0 Å². The van der Waals surface area contributed by atoms with Crippen LogP contribution in [0.1, 0.15) is 20.3 Å². The van der Waals surface area contributed by atoms with E-state index < -0.39 is 0 Å². The first-order chi connectivity index (χ1) is 5.15. The topological polar surface area (TPSA) is 20.3 Å². The number of rotatable bonds is 1. The minimum Gasteiger partial charge on any atom is -0.339 e. The van der Waals surface area contributed by atoms with Gasteiger partial charge in [0.2, 0.25) is 5.91 Å². The van der Waals surface area contributed by atoms with E-state index in [1.54, 1.807) is 0 Å². The Morgan fingerprint density at radius 2 is 2.27 bits per heavy atom. The van der Waals surface area contributed by atoms with E-state index in [9.17, 15) is 4.79 Å². The number of alkyl halides is 1. The molecule has 0 aliphatic carbocycles. The van der Waals surface area contributed by atoms with E-state index in [2.05, 4.69) is 13.8 Å². The summed E-state index contributed by atoms with van der Waals surface area (Å²) < 4.78 is 0. The Bertz CT molecular complexity index is 160. The highest BCUT2D eigenvalue weighted by molar-refractivity contribution is 6.27. The monoisotopic (exact) mass is 175 g/mol. The van der Waals surface area contributed by atoms with Gasteiger partial charge in [-0.05, 0) is 19.3 Å². The van der Waals surface area contributed by atoms with E-state index in [1.807, 2.05) is 4.90 Å². The average Bonchev–Trinajstić information content (AvgIpc) is 2.28. The van der Waals surface area contributed by atoms with Crippen molar-refractivity contribution in [3.05, 3.63) is 0 Å². The molecule has 1 heterocycles. The first-order valence-electron chi connectivity index (χ1n) is 4.00. The molecule has 1 saturated heterocycles. The van der Waals surface area contributed by atoms with Crippen molar-refractivity contribution in [2.24, 2.45) is 5.92 Å². The summed E-state index contributed by atoms with van der Waals surface area (Å²) in [6, 6.07) is 0.385. The van der Waals surface area contributed by atoms with Crippen molar-refractivity contribution >= 4 is 17.5 Å². The lowest BCUT2D eigenvalue weighted by atomic mass is 10.1. The zero-order valence-corrected chi connectivity index (χ0v) is 7.77. The number of hydrogen-bond acceptors (Lipinski definition) is 1. The minimum atomic E-state index is 0.0727. The zero-order chi connectivity index (χ0) is 8.43. The van der Waals surface area contributed by atoms with Crippen molar-refractivity contribution in [3.8, 4) is 0 Å². The van der Waals surface area contributed by atoms with Crippen molar-refractivity contribution in [2.45, 2.75) is 26.3 Å². The van der Waals surface area contributed by atoms with Crippen LogP contribution >= 0.6 is 11.6 Å². The highest BCUT2D eigenvalue weighted by Gasteiger charge is 2.28. The molecule has 0 spiro atoms. The summed E-state index contributed by atoms with van der Waals surface area (Å²) in [5.74, 6) is 0.831. The molecule has 3 heteroatoms. The summed E-state index contributed by atoms with van der Waals surface area (Å²) in [7, 11) is 0. The molecule has 0 aromatic heterocycles. The third kappa shape index (κ3) is 1.86. The van der Waals surface area contributed by atoms with Crippen LogP contribution in [0.3, 0.4) is 0 Å². The van der Waals surface area contributed by atoms with Crippen LogP contribution in [0.4, 0.5) is 0 Å². The van der Waals surface area contributed by atoms with Gasteiger partial charge >= 0.3 is 0 Å². The van der Waals surface area contributed by atoms with Gasteiger partial charge in [0.15, 0.2) is 0 Å². The SMILES string of the molecule is CC1CC(C)N(C(=O)CCl)C1. The fraction of sp³-hybridized carbons (Fsp3) is 0.875. The largest absolute Gasteiger partial charge is 0.339 e. The lowest BCUT2D eigenvalue weighted by Gasteiger charge is -2.19. The summed E-state index contributed by atoms with van der Waals surface area (Å²) in [4.78, 5) is 13.0. The predicted octanol–water partition coefficient (Wildman–Crippen LogP) is 1.48. The Hall–Kier alpha value is -0.240. The molecule has 0 N–H and O–H groups in total. The van der Waals surface area contributed by atoms with E-state index in [4.69, 9.17) is 11.6 Å². The van der Waals surface area contributed by atoms with E-state index in [0.29, 0.717) is 12.0 Å². The van der Waals surface area contributed by atoms with Gasteiger partial charge in [0.05, 0.1) is 0 Å². The molecule has 0 aromatic rings. The quantitative estimate of drug-likeness (QED) is 0.553. The third-order valence-electron chi connectivity index (χ3n) is 2.22. The Morgan fingerprint density at radius 1 is 1.64 bits per heavy atom. The first kappa shape index (κ1) is 8.85. The summed E-state index contributed by atoms with van der Waals surface area (Å²) in [6.07, 6.45) is 1.11. The van der Waals surface area contributed by atoms with Gasteiger partial charge in [-0.3, -0.25) is 4.79 Å². The minimum absolute atomic E-state index is 0.0727. The second kappa shape index (κ2) is 3.44. The van der Waals surface area contributed by atoms with Crippen LogP contribution in [0.2, 0.25) is 0 Å². The van der Waals surface area contributed by atoms with E-state index in [-0.39, 0.29) is 11.8 Å². The molecule has 1 amide bonds. The molecule has 1 aliphatic heterocycles. The molecule has 2 atom stereocenters. The Kier molecular flexibility index (Phi) is 2.77. The summed E-state index contributed by atoms with van der Waals surface area (Å²) in [5.41, 5.74) is 0. The molecule has 0 bridgehead atoms.